The minimum Gasteiger partial charge on any atom is -0.378 e. The zero-order valence-corrected chi connectivity index (χ0v) is 11.2. The van der Waals surface area contributed by atoms with Crippen LogP contribution in [0, 0.1) is 0 Å². The van der Waals surface area contributed by atoms with Crippen molar-refractivity contribution in [2.24, 2.45) is 0 Å². The van der Waals surface area contributed by atoms with Crippen LogP contribution in [0.2, 0.25) is 0 Å². The predicted octanol–water partition coefficient (Wildman–Crippen LogP) is 2.95. The fourth-order valence-corrected chi connectivity index (χ4v) is 2.74. The van der Waals surface area contributed by atoms with Gasteiger partial charge < -0.3 is 10.1 Å². The second-order valence-corrected chi connectivity index (χ2v) is 5.40. The third-order valence-corrected chi connectivity index (χ3v) is 3.84. The van der Waals surface area contributed by atoms with Crippen molar-refractivity contribution in [2.45, 2.75) is 63.9 Å². The van der Waals surface area contributed by atoms with Gasteiger partial charge in [0.05, 0.1) is 12.5 Å². The second kappa shape index (κ2) is 7.57. The van der Waals surface area contributed by atoms with Crippen LogP contribution < -0.4 is 5.32 Å². The van der Waals surface area contributed by atoms with Crippen LogP contribution in [0.15, 0.2) is 11.6 Å². The van der Waals surface area contributed by atoms with E-state index in [1.165, 1.54) is 37.7 Å². The van der Waals surface area contributed by atoms with Gasteiger partial charge in [-0.15, -0.1) is 0 Å². The molecule has 2 aliphatic rings. The van der Waals surface area contributed by atoms with E-state index in [0.29, 0.717) is 6.42 Å². The molecule has 1 saturated heterocycles. The largest absolute Gasteiger partial charge is 0.378 e. The van der Waals surface area contributed by atoms with Crippen molar-refractivity contribution in [1.29, 1.82) is 0 Å². The summed E-state index contributed by atoms with van der Waals surface area (Å²) in [5, 5.41) is 3.02. The molecule has 0 spiro atoms. The van der Waals surface area contributed by atoms with Crippen LogP contribution in [0.4, 0.5) is 0 Å². The molecule has 18 heavy (non-hydrogen) atoms. The molecule has 1 aliphatic carbocycles. The molecular formula is C15H25NO2. The van der Waals surface area contributed by atoms with Gasteiger partial charge in [-0.1, -0.05) is 11.6 Å². The number of carbonyl (C=O) groups excluding carboxylic acids is 1. The third-order valence-electron chi connectivity index (χ3n) is 3.84. The van der Waals surface area contributed by atoms with Crippen LogP contribution in [-0.2, 0) is 9.53 Å². The lowest BCUT2D eigenvalue weighted by atomic mass is 9.97. The van der Waals surface area contributed by atoms with Crippen LogP contribution in [0.3, 0.4) is 0 Å². The quantitative estimate of drug-likeness (QED) is 0.763. The molecule has 0 saturated carbocycles. The minimum absolute atomic E-state index is 0.151. The van der Waals surface area contributed by atoms with Gasteiger partial charge in [-0.2, -0.15) is 0 Å². The van der Waals surface area contributed by atoms with Gasteiger partial charge in [0.15, 0.2) is 0 Å². The summed E-state index contributed by atoms with van der Waals surface area (Å²) in [5.74, 6) is 0.151. The van der Waals surface area contributed by atoms with E-state index < -0.39 is 0 Å². The number of allylic oxidation sites excluding steroid dienone is 1. The molecule has 1 N–H and O–H groups in total. The third kappa shape index (κ3) is 4.81. The molecule has 1 unspecified atom stereocenters. The molecule has 1 fully saturated rings. The molecule has 0 bridgehead atoms. The van der Waals surface area contributed by atoms with Crippen LogP contribution >= 0.6 is 0 Å². The van der Waals surface area contributed by atoms with E-state index in [9.17, 15) is 4.79 Å². The molecule has 3 heteroatoms. The first-order valence-electron chi connectivity index (χ1n) is 7.41. The minimum atomic E-state index is 0.151. The summed E-state index contributed by atoms with van der Waals surface area (Å²) in [6.45, 7) is 1.61. The van der Waals surface area contributed by atoms with E-state index in [4.69, 9.17) is 4.74 Å². The fourth-order valence-electron chi connectivity index (χ4n) is 2.74. The van der Waals surface area contributed by atoms with E-state index in [-0.39, 0.29) is 12.0 Å². The molecule has 0 aromatic rings. The van der Waals surface area contributed by atoms with E-state index in [1.54, 1.807) is 0 Å². The Hall–Kier alpha value is -0.830. The monoisotopic (exact) mass is 251 g/mol. The zero-order chi connectivity index (χ0) is 12.6. The fraction of sp³-hybridized carbons (Fsp3) is 0.800. The van der Waals surface area contributed by atoms with Crippen LogP contribution in [0.25, 0.3) is 0 Å². The lowest BCUT2D eigenvalue weighted by molar-refractivity contribution is -0.124. The first-order valence-corrected chi connectivity index (χ1v) is 7.41. The number of carbonyl (C=O) groups is 1. The van der Waals surface area contributed by atoms with Crippen LogP contribution in [-0.4, -0.2) is 25.2 Å². The summed E-state index contributed by atoms with van der Waals surface area (Å²) in [6, 6.07) is 0. The highest BCUT2D eigenvalue weighted by molar-refractivity contribution is 5.76. The predicted molar refractivity (Wildman–Crippen MR) is 72.4 cm³/mol. The Morgan fingerprint density at radius 2 is 2.28 bits per heavy atom. The van der Waals surface area contributed by atoms with E-state index >= 15 is 0 Å². The Morgan fingerprint density at radius 3 is 3.00 bits per heavy atom. The molecule has 2 rings (SSSR count). The molecule has 1 heterocycles. The smallest absolute Gasteiger partial charge is 0.222 e. The van der Waals surface area contributed by atoms with Gasteiger partial charge in [0.25, 0.3) is 0 Å². The maximum Gasteiger partial charge on any atom is 0.222 e. The number of nitrogens with one attached hydrogen (secondary N) is 1. The van der Waals surface area contributed by atoms with Crippen LogP contribution in [0.1, 0.15) is 57.8 Å². The molecule has 3 nitrogen and oxygen atoms in total. The molecular weight excluding hydrogens is 226 g/mol. The van der Waals surface area contributed by atoms with E-state index in [2.05, 4.69) is 11.4 Å². The highest BCUT2D eigenvalue weighted by Crippen LogP contribution is 2.19. The first kappa shape index (κ1) is 13.6. The number of hydrogen-bond donors (Lipinski definition) is 1. The van der Waals surface area contributed by atoms with Gasteiger partial charge in [0, 0.05) is 13.2 Å². The van der Waals surface area contributed by atoms with Gasteiger partial charge in [0.1, 0.15) is 0 Å². The normalized spacial score (nSPS) is 24.4. The average Bonchev–Trinajstić information content (AvgIpc) is 2.41. The van der Waals surface area contributed by atoms with Gasteiger partial charge in [-0.3, -0.25) is 4.79 Å². The maximum atomic E-state index is 11.7. The van der Waals surface area contributed by atoms with Gasteiger partial charge in [0.2, 0.25) is 5.91 Å². The summed E-state index contributed by atoms with van der Waals surface area (Å²) in [6.07, 6.45) is 12.5. The van der Waals surface area contributed by atoms with E-state index in [0.717, 1.165) is 32.4 Å². The van der Waals surface area contributed by atoms with Crippen molar-refractivity contribution < 1.29 is 9.53 Å². The Morgan fingerprint density at radius 1 is 1.33 bits per heavy atom. The Labute approximate surface area is 110 Å². The van der Waals surface area contributed by atoms with Crippen molar-refractivity contribution in [1.82, 2.24) is 5.32 Å². The lowest BCUT2D eigenvalue weighted by Gasteiger charge is -2.22. The van der Waals surface area contributed by atoms with Crippen LogP contribution in [0.5, 0.6) is 0 Å². The average molecular weight is 251 g/mol. The molecule has 0 aromatic heterocycles. The summed E-state index contributed by atoms with van der Waals surface area (Å²) >= 11 is 0. The first-order chi connectivity index (χ1) is 8.84. The number of amides is 1. The Bertz CT molecular complexity index is 293. The van der Waals surface area contributed by atoms with Crippen molar-refractivity contribution in [3.8, 4) is 0 Å². The summed E-state index contributed by atoms with van der Waals surface area (Å²) in [7, 11) is 0. The Balaban J connectivity index is 1.57. The molecule has 0 aromatic carbocycles. The van der Waals surface area contributed by atoms with Gasteiger partial charge in [-0.05, 0) is 51.4 Å². The SMILES string of the molecule is O=C(CC1CCCCO1)NCCC1=CCCCC1. The Kier molecular flexibility index (Phi) is 5.72. The second-order valence-electron chi connectivity index (χ2n) is 5.40. The number of ether oxygens (including phenoxy) is 1. The molecule has 102 valence electrons. The summed E-state index contributed by atoms with van der Waals surface area (Å²) in [4.78, 5) is 11.7. The van der Waals surface area contributed by atoms with Gasteiger partial charge in [-0.25, -0.2) is 0 Å². The van der Waals surface area contributed by atoms with Crippen molar-refractivity contribution in [3.63, 3.8) is 0 Å². The molecule has 0 radical (unpaired) electrons. The van der Waals surface area contributed by atoms with Crippen molar-refractivity contribution >= 4 is 5.91 Å². The molecule has 1 atom stereocenters. The summed E-state index contributed by atoms with van der Waals surface area (Å²) in [5.41, 5.74) is 1.52. The molecule has 1 aliphatic heterocycles. The summed E-state index contributed by atoms with van der Waals surface area (Å²) < 4.78 is 5.57. The van der Waals surface area contributed by atoms with E-state index in [1.807, 2.05) is 0 Å². The van der Waals surface area contributed by atoms with Crippen molar-refractivity contribution in [3.05, 3.63) is 11.6 Å². The van der Waals surface area contributed by atoms with Crippen molar-refractivity contribution in [2.75, 3.05) is 13.2 Å². The lowest BCUT2D eigenvalue weighted by Crippen LogP contribution is -2.31. The number of rotatable bonds is 5. The van der Waals surface area contributed by atoms with Gasteiger partial charge >= 0.3 is 0 Å². The number of hydrogen-bond acceptors (Lipinski definition) is 2. The molecule has 1 amide bonds. The highest BCUT2D eigenvalue weighted by atomic mass is 16.5. The highest BCUT2D eigenvalue weighted by Gasteiger charge is 2.17. The topological polar surface area (TPSA) is 38.3 Å². The standard InChI is InChI=1S/C15H25NO2/c17-15(12-14-8-4-5-11-18-14)16-10-9-13-6-2-1-3-7-13/h6,14H,1-5,7-12H2,(H,16,17). The maximum absolute atomic E-state index is 11.7. The zero-order valence-electron chi connectivity index (χ0n) is 11.2.